The SMILES string of the molecule is CCCCCCCCCCCCCCCCCC(=O)C(O)C(O)CO.C[N+](C)(C)CCOP(=O)(O)O. The van der Waals surface area contributed by atoms with Gasteiger partial charge in [-0.25, -0.2) is 4.57 Å². The first kappa shape index (κ1) is 37.8. The van der Waals surface area contributed by atoms with Gasteiger partial charge in [0.15, 0.2) is 5.78 Å². The Hall–Kier alpha value is -0.380. The highest BCUT2D eigenvalue weighted by Crippen LogP contribution is 2.35. The molecule has 0 aromatic heterocycles. The molecule has 0 saturated carbocycles. The van der Waals surface area contributed by atoms with Gasteiger partial charge in [0.1, 0.15) is 25.4 Å². The first-order valence-electron chi connectivity index (χ1n) is 13.8. The van der Waals surface area contributed by atoms with Gasteiger partial charge in [0.2, 0.25) is 0 Å². The summed E-state index contributed by atoms with van der Waals surface area (Å²) in [7, 11) is 1.50. The summed E-state index contributed by atoms with van der Waals surface area (Å²) < 4.78 is 15.1. The lowest BCUT2D eigenvalue weighted by Crippen LogP contribution is -2.37. The van der Waals surface area contributed by atoms with Crippen LogP contribution in [0.25, 0.3) is 0 Å². The monoisotopic (exact) mass is 542 g/mol. The van der Waals surface area contributed by atoms with Crippen LogP contribution in [-0.4, -0.2) is 88.5 Å². The minimum atomic E-state index is -4.26. The Bertz CT molecular complexity index is 551. The Morgan fingerprint density at radius 3 is 1.50 bits per heavy atom. The van der Waals surface area contributed by atoms with Crippen LogP contribution in [-0.2, 0) is 13.9 Å². The van der Waals surface area contributed by atoms with Crippen LogP contribution in [0.1, 0.15) is 110 Å². The number of unbranched alkanes of at least 4 members (excludes halogenated alkanes) is 14. The van der Waals surface area contributed by atoms with Crippen molar-refractivity contribution < 1.29 is 43.5 Å². The lowest BCUT2D eigenvalue weighted by molar-refractivity contribution is -0.870. The second-order valence-corrected chi connectivity index (χ2v) is 11.9. The molecule has 5 N–H and O–H groups in total. The lowest BCUT2D eigenvalue weighted by Gasteiger charge is -2.23. The highest BCUT2D eigenvalue weighted by molar-refractivity contribution is 7.46. The van der Waals surface area contributed by atoms with E-state index in [1.807, 2.05) is 21.1 Å². The van der Waals surface area contributed by atoms with E-state index in [1.54, 1.807) is 0 Å². The van der Waals surface area contributed by atoms with Crippen molar-refractivity contribution in [1.82, 2.24) is 0 Å². The molecule has 0 aliphatic carbocycles. The van der Waals surface area contributed by atoms with Crippen LogP contribution in [0, 0.1) is 0 Å². The summed E-state index contributed by atoms with van der Waals surface area (Å²) in [6, 6.07) is 0. The van der Waals surface area contributed by atoms with Crippen LogP contribution in [0.15, 0.2) is 0 Å². The van der Waals surface area contributed by atoms with Crippen molar-refractivity contribution in [1.29, 1.82) is 0 Å². The van der Waals surface area contributed by atoms with Crippen molar-refractivity contribution in [2.24, 2.45) is 0 Å². The molecule has 9 nitrogen and oxygen atoms in total. The number of aliphatic hydroxyl groups excluding tert-OH is 3. The second kappa shape index (κ2) is 23.7. The van der Waals surface area contributed by atoms with Gasteiger partial charge in [0.05, 0.1) is 27.7 Å². The maximum Gasteiger partial charge on any atom is 0.469 e. The first-order valence-corrected chi connectivity index (χ1v) is 15.4. The fourth-order valence-electron chi connectivity index (χ4n) is 3.57. The van der Waals surface area contributed by atoms with Gasteiger partial charge in [-0.1, -0.05) is 96.8 Å². The molecule has 0 aromatic carbocycles. The summed E-state index contributed by atoms with van der Waals surface area (Å²) in [6.45, 7) is 2.33. The van der Waals surface area contributed by atoms with Crippen LogP contribution in [0.3, 0.4) is 0 Å². The van der Waals surface area contributed by atoms with E-state index in [0.717, 1.165) is 19.3 Å². The molecule has 0 bridgehead atoms. The van der Waals surface area contributed by atoms with Gasteiger partial charge in [0.25, 0.3) is 0 Å². The number of Topliss-reactive ketones (excluding diaryl/α,β-unsaturated/α-hetero) is 1. The summed E-state index contributed by atoms with van der Waals surface area (Å²) >= 11 is 0. The summed E-state index contributed by atoms with van der Waals surface area (Å²) in [5.41, 5.74) is 0. The second-order valence-electron chi connectivity index (χ2n) is 10.7. The fourth-order valence-corrected chi connectivity index (χ4v) is 3.89. The smallest absolute Gasteiger partial charge is 0.394 e. The van der Waals surface area contributed by atoms with E-state index in [0.29, 0.717) is 11.0 Å². The van der Waals surface area contributed by atoms with E-state index < -0.39 is 26.6 Å². The van der Waals surface area contributed by atoms with Crippen LogP contribution >= 0.6 is 7.82 Å². The van der Waals surface area contributed by atoms with E-state index in [2.05, 4.69) is 11.4 Å². The molecule has 0 aliphatic rings. The third kappa shape index (κ3) is 29.8. The molecule has 0 radical (unpaired) electrons. The number of nitrogens with zero attached hydrogens (tertiary/aromatic N) is 1. The largest absolute Gasteiger partial charge is 0.469 e. The molecule has 0 fully saturated rings. The average Bonchev–Trinajstić information content (AvgIpc) is 2.79. The molecule has 2 unspecified atom stereocenters. The van der Waals surface area contributed by atoms with E-state index in [1.165, 1.54) is 77.0 Å². The van der Waals surface area contributed by atoms with Gasteiger partial charge in [-0.05, 0) is 6.42 Å². The maximum atomic E-state index is 11.6. The minimum absolute atomic E-state index is 0.0772. The van der Waals surface area contributed by atoms with Crippen LogP contribution in [0.5, 0.6) is 0 Å². The molecule has 0 heterocycles. The summed E-state index contributed by atoms with van der Waals surface area (Å²) in [5, 5.41) is 27.3. The number of hydrogen-bond acceptors (Lipinski definition) is 6. The predicted molar refractivity (Wildman–Crippen MR) is 145 cm³/mol. The van der Waals surface area contributed by atoms with E-state index in [4.69, 9.17) is 14.9 Å². The molecule has 0 aliphatic heterocycles. The zero-order valence-electron chi connectivity index (χ0n) is 23.4. The zero-order chi connectivity index (χ0) is 27.9. The highest BCUT2D eigenvalue weighted by Gasteiger charge is 2.22. The quantitative estimate of drug-likeness (QED) is 0.0729. The van der Waals surface area contributed by atoms with Gasteiger partial charge < -0.3 is 29.6 Å². The number of likely N-dealkylation sites (N-methyl/N-ethyl adjacent to an activating group) is 1. The molecular formula is C26H57NO8P+. The molecule has 0 amide bonds. The molecule has 0 saturated heterocycles. The lowest BCUT2D eigenvalue weighted by atomic mass is 10.0. The van der Waals surface area contributed by atoms with Crippen molar-refractivity contribution in [3.63, 3.8) is 0 Å². The Morgan fingerprint density at radius 1 is 0.778 bits per heavy atom. The molecular weight excluding hydrogens is 485 g/mol. The summed E-state index contributed by atoms with van der Waals surface area (Å²) in [4.78, 5) is 28.1. The van der Waals surface area contributed by atoms with Crippen LogP contribution in [0.2, 0.25) is 0 Å². The summed E-state index contributed by atoms with van der Waals surface area (Å²) in [6.07, 6.45) is 16.6. The number of phosphoric acid groups is 1. The Morgan fingerprint density at radius 2 is 1.17 bits per heavy atom. The molecule has 0 spiro atoms. The number of carbonyl (C=O) groups excluding carboxylic acids is 1. The third-order valence-corrected chi connectivity index (χ3v) is 6.45. The van der Waals surface area contributed by atoms with Crippen molar-refractivity contribution in [3.05, 3.63) is 0 Å². The summed E-state index contributed by atoms with van der Waals surface area (Å²) in [5.74, 6) is -0.365. The topological polar surface area (TPSA) is 145 Å². The Balaban J connectivity index is 0. The maximum absolute atomic E-state index is 11.6. The molecule has 218 valence electrons. The van der Waals surface area contributed by atoms with Crippen molar-refractivity contribution in [2.45, 2.75) is 122 Å². The number of quaternary nitrogens is 1. The van der Waals surface area contributed by atoms with Crippen LogP contribution in [0.4, 0.5) is 0 Å². The predicted octanol–water partition coefficient (Wildman–Crippen LogP) is 4.33. The van der Waals surface area contributed by atoms with Gasteiger partial charge in [0, 0.05) is 6.42 Å². The molecule has 36 heavy (non-hydrogen) atoms. The van der Waals surface area contributed by atoms with Gasteiger partial charge >= 0.3 is 7.82 Å². The molecule has 10 heteroatoms. The normalized spacial score (nSPS) is 13.7. The fraction of sp³-hybridized carbons (Fsp3) is 0.962. The number of aliphatic hydroxyl groups is 3. The number of carbonyl (C=O) groups is 1. The minimum Gasteiger partial charge on any atom is -0.394 e. The molecule has 0 aromatic rings. The molecule has 2 atom stereocenters. The van der Waals surface area contributed by atoms with Gasteiger partial charge in [-0.3, -0.25) is 9.32 Å². The number of phosphoric ester groups is 1. The highest BCUT2D eigenvalue weighted by atomic mass is 31.2. The Kier molecular flexibility index (Phi) is 24.9. The van der Waals surface area contributed by atoms with Crippen LogP contribution < -0.4 is 0 Å². The van der Waals surface area contributed by atoms with E-state index in [-0.39, 0.29) is 18.8 Å². The van der Waals surface area contributed by atoms with Crippen molar-refractivity contribution in [3.8, 4) is 0 Å². The van der Waals surface area contributed by atoms with Crippen molar-refractivity contribution >= 4 is 13.6 Å². The standard InChI is InChI=1S/C21H42O4.C5H14NO4P/c1-2-3-4-5-6-7-8-9-10-11-12-13-14-15-16-17-19(23)21(25)20(24)18-22;1-6(2,3)4-5-10-11(7,8)9/h20-22,24-25H,2-18H2,1H3;4-5H2,1-3H3,(H-,7,8,9)/p+1. The Labute approximate surface area is 220 Å². The van der Waals surface area contributed by atoms with E-state index >= 15 is 0 Å². The van der Waals surface area contributed by atoms with Crippen molar-refractivity contribution in [2.75, 3.05) is 40.9 Å². The van der Waals surface area contributed by atoms with Gasteiger partial charge in [-0.2, -0.15) is 0 Å². The number of rotatable bonds is 23. The number of hydrogen-bond donors (Lipinski definition) is 5. The van der Waals surface area contributed by atoms with Gasteiger partial charge in [-0.15, -0.1) is 0 Å². The average molecular weight is 543 g/mol. The zero-order valence-corrected chi connectivity index (χ0v) is 24.3. The first-order chi connectivity index (χ1) is 16.8. The molecule has 0 rings (SSSR count). The van der Waals surface area contributed by atoms with E-state index in [9.17, 15) is 19.6 Å². The number of ketones is 1. The third-order valence-electron chi connectivity index (χ3n) is 5.93.